The minimum Gasteiger partial charge on any atom is -0.311 e. The molecule has 5 aliphatic rings. The highest BCUT2D eigenvalue weighted by molar-refractivity contribution is 5.04. The number of fused-ring (bicyclic) bond motifs is 3. The standard InChI is InChI=1S/C24H41N/c1-3-7-17(8-4-1)19-11-13-21-22-14-12-20(18-9-5-2-6-10-18)16-24(22)25-23(21)15-19/h17-25H,1-16H2. The topological polar surface area (TPSA) is 12.0 Å². The van der Waals surface area contributed by atoms with Crippen LogP contribution in [0.4, 0.5) is 0 Å². The molecule has 5 rings (SSSR count). The Morgan fingerprint density at radius 2 is 0.840 bits per heavy atom. The molecule has 0 aromatic rings. The fourth-order valence-electron chi connectivity index (χ4n) is 8.20. The van der Waals surface area contributed by atoms with Gasteiger partial charge in [0.25, 0.3) is 0 Å². The third kappa shape index (κ3) is 3.44. The maximum atomic E-state index is 4.23. The predicted octanol–water partition coefficient (Wildman–Crippen LogP) is 6.32. The smallest absolute Gasteiger partial charge is 0.0104 e. The van der Waals surface area contributed by atoms with E-state index < -0.39 is 0 Å². The monoisotopic (exact) mass is 343 g/mol. The molecule has 1 saturated heterocycles. The molecule has 0 radical (unpaired) electrons. The average molecular weight is 344 g/mol. The molecule has 6 unspecified atom stereocenters. The lowest BCUT2D eigenvalue weighted by molar-refractivity contribution is 0.116. The average Bonchev–Trinajstić information content (AvgIpc) is 3.06. The Bertz CT molecular complexity index is 393. The van der Waals surface area contributed by atoms with E-state index in [4.69, 9.17) is 0 Å². The molecule has 0 spiro atoms. The van der Waals surface area contributed by atoms with Crippen molar-refractivity contribution in [3.05, 3.63) is 0 Å². The van der Waals surface area contributed by atoms with E-state index in [1.807, 2.05) is 0 Å². The molecule has 4 saturated carbocycles. The zero-order valence-corrected chi connectivity index (χ0v) is 16.4. The van der Waals surface area contributed by atoms with E-state index in [0.717, 1.165) is 47.6 Å². The van der Waals surface area contributed by atoms with E-state index in [1.54, 1.807) is 51.4 Å². The number of hydrogen-bond donors (Lipinski definition) is 1. The van der Waals surface area contributed by atoms with Gasteiger partial charge in [-0.3, -0.25) is 0 Å². The molecule has 1 heterocycles. The van der Waals surface area contributed by atoms with Crippen LogP contribution in [0.1, 0.15) is 103 Å². The first-order valence-electron chi connectivity index (χ1n) is 12.1. The maximum absolute atomic E-state index is 4.23. The van der Waals surface area contributed by atoms with Crippen molar-refractivity contribution in [2.24, 2.45) is 35.5 Å². The first-order chi connectivity index (χ1) is 12.4. The van der Waals surface area contributed by atoms with Crippen LogP contribution in [-0.2, 0) is 0 Å². The first kappa shape index (κ1) is 17.1. The highest BCUT2D eigenvalue weighted by atomic mass is 15.0. The zero-order chi connectivity index (χ0) is 16.6. The lowest BCUT2D eigenvalue weighted by Crippen LogP contribution is -2.39. The molecule has 5 fully saturated rings. The second-order valence-electron chi connectivity index (χ2n) is 10.6. The van der Waals surface area contributed by atoms with Crippen molar-refractivity contribution in [2.45, 2.75) is 115 Å². The lowest BCUT2D eigenvalue weighted by Gasteiger charge is -2.41. The summed E-state index contributed by atoms with van der Waals surface area (Å²) in [6.45, 7) is 0. The van der Waals surface area contributed by atoms with Gasteiger partial charge in [0.1, 0.15) is 0 Å². The second-order valence-corrected chi connectivity index (χ2v) is 10.6. The van der Waals surface area contributed by atoms with E-state index in [-0.39, 0.29) is 0 Å². The van der Waals surface area contributed by atoms with Gasteiger partial charge in [-0.2, -0.15) is 0 Å². The molecule has 1 nitrogen and oxygen atoms in total. The summed E-state index contributed by atoms with van der Waals surface area (Å²) < 4.78 is 0. The summed E-state index contributed by atoms with van der Waals surface area (Å²) in [6.07, 6.45) is 24.7. The largest absolute Gasteiger partial charge is 0.311 e. The van der Waals surface area contributed by atoms with Crippen LogP contribution in [0.2, 0.25) is 0 Å². The van der Waals surface area contributed by atoms with Crippen molar-refractivity contribution in [3.63, 3.8) is 0 Å². The number of hydrogen-bond acceptors (Lipinski definition) is 1. The van der Waals surface area contributed by atoms with Gasteiger partial charge >= 0.3 is 0 Å². The van der Waals surface area contributed by atoms with Crippen molar-refractivity contribution in [2.75, 3.05) is 0 Å². The quantitative estimate of drug-likeness (QED) is 0.618. The third-order valence-corrected chi connectivity index (χ3v) is 9.50. The SMILES string of the molecule is C1CCC(C2CCC3C(C2)NC2CC(C4CCCCC4)CCC23)CC1. The fraction of sp³-hybridized carbons (Fsp3) is 1.00. The maximum Gasteiger partial charge on any atom is 0.0104 e. The predicted molar refractivity (Wildman–Crippen MR) is 106 cm³/mol. The molecule has 6 atom stereocenters. The summed E-state index contributed by atoms with van der Waals surface area (Å²) in [6, 6.07) is 1.81. The Kier molecular flexibility index (Phi) is 5.15. The van der Waals surface area contributed by atoms with E-state index in [9.17, 15) is 0 Å². The Morgan fingerprint density at radius 3 is 1.28 bits per heavy atom. The van der Waals surface area contributed by atoms with Gasteiger partial charge in [-0.1, -0.05) is 64.2 Å². The minimum atomic E-state index is 0.904. The fourth-order valence-corrected chi connectivity index (χ4v) is 8.20. The summed E-state index contributed by atoms with van der Waals surface area (Å²) in [4.78, 5) is 0. The minimum absolute atomic E-state index is 0.904. The molecule has 0 amide bonds. The van der Waals surface area contributed by atoms with Crippen LogP contribution in [0.15, 0.2) is 0 Å². The van der Waals surface area contributed by atoms with Crippen molar-refractivity contribution in [3.8, 4) is 0 Å². The van der Waals surface area contributed by atoms with E-state index in [0.29, 0.717) is 0 Å². The van der Waals surface area contributed by atoms with E-state index in [2.05, 4.69) is 5.32 Å². The molecule has 1 N–H and O–H groups in total. The van der Waals surface area contributed by atoms with Gasteiger partial charge in [-0.25, -0.2) is 0 Å². The Morgan fingerprint density at radius 1 is 0.400 bits per heavy atom. The number of rotatable bonds is 2. The van der Waals surface area contributed by atoms with Gasteiger partial charge in [-0.05, 0) is 74.0 Å². The van der Waals surface area contributed by atoms with Gasteiger partial charge in [0.15, 0.2) is 0 Å². The van der Waals surface area contributed by atoms with Crippen LogP contribution in [0.3, 0.4) is 0 Å². The summed E-state index contributed by atoms with van der Waals surface area (Å²) >= 11 is 0. The summed E-state index contributed by atoms with van der Waals surface area (Å²) in [5, 5.41) is 4.23. The van der Waals surface area contributed by atoms with Crippen LogP contribution in [0, 0.1) is 35.5 Å². The van der Waals surface area contributed by atoms with Gasteiger partial charge < -0.3 is 5.32 Å². The van der Waals surface area contributed by atoms with Gasteiger partial charge in [0, 0.05) is 12.1 Å². The van der Waals surface area contributed by atoms with Crippen molar-refractivity contribution >= 4 is 0 Å². The second kappa shape index (κ2) is 7.53. The van der Waals surface area contributed by atoms with Crippen LogP contribution in [-0.4, -0.2) is 12.1 Å². The van der Waals surface area contributed by atoms with Crippen molar-refractivity contribution < 1.29 is 0 Å². The van der Waals surface area contributed by atoms with Crippen LogP contribution in [0.25, 0.3) is 0 Å². The summed E-state index contributed by atoms with van der Waals surface area (Å²) in [7, 11) is 0. The first-order valence-corrected chi connectivity index (χ1v) is 12.1. The van der Waals surface area contributed by atoms with Gasteiger partial charge in [-0.15, -0.1) is 0 Å². The molecular weight excluding hydrogens is 302 g/mol. The van der Waals surface area contributed by atoms with Crippen molar-refractivity contribution in [1.29, 1.82) is 0 Å². The molecule has 0 aromatic heterocycles. The van der Waals surface area contributed by atoms with Crippen LogP contribution in [0.5, 0.6) is 0 Å². The van der Waals surface area contributed by atoms with Gasteiger partial charge in [0.2, 0.25) is 0 Å². The molecule has 0 aromatic carbocycles. The summed E-state index contributed by atoms with van der Waals surface area (Å²) in [5.74, 6) is 6.43. The van der Waals surface area contributed by atoms with E-state index >= 15 is 0 Å². The Hall–Kier alpha value is -0.0400. The molecular formula is C24H41N. The Labute approximate surface area is 156 Å². The molecule has 1 aliphatic heterocycles. The van der Waals surface area contributed by atoms with E-state index in [1.165, 1.54) is 51.4 Å². The van der Waals surface area contributed by atoms with Gasteiger partial charge in [0.05, 0.1) is 0 Å². The van der Waals surface area contributed by atoms with Crippen molar-refractivity contribution in [1.82, 2.24) is 5.32 Å². The lowest BCUT2D eigenvalue weighted by atomic mass is 9.64. The molecule has 142 valence electrons. The molecule has 4 aliphatic carbocycles. The molecule has 1 heteroatoms. The number of nitrogens with one attached hydrogen (secondary N) is 1. The highest BCUT2D eigenvalue weighted by Crippen LogP contribution is 2.50. The van der Waals surface area contributed by atoms with Crippen LogP contribution < -0.4 is 5.32 Å². The normalized spacial score (nSPS) is 46.6. The zero-order valence-electron chi connectivity index (χ0n) is 16.4. The van der Waals surface area contributed by atoms with Crippen LogP contribution >= 0.6 is 0 Å². The molecule has 0 bridgehead atoms. The highest BCUT2D eigenvalue weighted by Gasteiger charge is 2.49. The summed E-state index contributed by atoms with van der Waals surface area (Å²) in [5.41, 5.74) is 0. The third-order valence-electron chi connectivity index (χ3n) is 9.50. The Balaban J connectivity index is 1.19. The molecule has 25 heavy (non-hydrogen) atoms.